The molecule has 1 fully saturated rings. The highest BCUT2D eigenvalue weighted by Gasteiger charge is 2.07. The molecular formula is C4H10N3. The zero-order chi connectivity index (χ0) is 5.11. The Morgan fingerprint density at radius 2 is 2.57 bits per heavy atom. The molecule has 1 radical (unpaired) electrons. The average molecular weight is 100 g/mol. The van der Waals surface area contributed by atoms with E-state index in [0.29, 0.717) is 0 Å². The first-order chi connectivity index (χ1) is 3.43. The van der Waals surface area contributed by atoms with E-state index >= 15 is 0 Å². The third kappa shape index (κ3) is 1.12. The summed E-state index contributed by atoms with van der Waals surface area (Å²) in [6.07, 6.45) is 1.20. The van der Waals surface area contributed by atoms with Crippen LogP contribution in [0, 0.1) is 0 Å². The number of nitrogens with one attached hydrogen (secondary N) is 1. The fourth-order valence-corrected chi connectivity index (χ4v) is 0.665. The molecular weight excluding hydrogens is 90.1 g/mol. The minimum atomic E-state index is 0.987. The Morgan fingerprint density at radius 1 is 1.71 bits per heavy atom. The summed E-state index contributed by atoms with van der Waals surface area (Å²) in [5.41, 5.74) is 7.01. The predicted octanol–water partition coefficient (Wildman–Crippen LogP) is -0.654. The van der Waals surface area contributed by atoms with E-state index in [1.165, 1.54) is 6.42 Å². The van der Waals surface area contributed by atoms with E-state index < -0.39 is 0 Å². The smallest absolute Gasteiger partial charge is 0.0334 e. The van der Waals surface area contributed by atoms with Crippen molar-refractivity contribution >= 4 is 0 Å². The van der Waals surface area contributed by atoms with E-state index in [9.17, 15) is 0 Å². The molecule has 1 saturated heterocycles. The summed E-state index contributed by atoms with van der Waals surface area (Å²) in [6, 6.07) is 0. The molecule has 1 N–H and O–H groups in total. The fraction of sp³-hybridized carbons (Fsp3) is 1.00. The van der Waals surface area contributed by atoms with Gasteiger partial charge in [0.05, 0.1) is 0 Å². The molecule has 3 nitrogen and oxygen atoms in total. The van der Waals surface area contributed by atoms with Gasteiger partial charge >= 0.3 is 0 Å². The summed E-state index contributed by atoms with van der Waals surface area (Å²) in [4.78, 5) is 0. The van der Waals surface area contributed by atoms with Crippen molar-refractivity contribution in [3.63, 3.8) is 0 Å². The van der Waals surface area contributed by atoms with Crippen molar-refractivity contribution in [2.75, 3.05) is 20.1 Å². The lowest BCUT2D eigenvalue weighted by atomic mass is 10.5. The zero-order valence-electron chi connectivity index (χ0n) is 4.52. The second kappa shape index (κ2) is 2.26. The van der Waals surface area contributed by atoms with Crippen LogP contribution < -0.4 is 10.9 Å². The Balaban J connectivity index is 2.14. The van der Waals surface area contributed by atoms with Crippen molar-refractivity contribution in [2.45, 2.75) is 6.42 Å². The highest BCUT2D eigenvalue weighted by atomic mass is 15.7. The Labute approximate surface area is 43.6 Å². The highest BCUT2D eigenvalue weighted by molar-refractivity contribution is 4.54. The molecule has 0 amide bonds. The SMILES string of the molecule is CNN1CCC[N]1. The second-order valence-electron chi connectivity index (χ2n) is 1.57. The molecule has 0 unspecified atom stereocenters. The van der Waals surface area contributed by atoms with Gasteiger partial charge in [0.2, 0.25) is 0 Å². The molecule has 0 bridgehead atoms. The van der Waals surface area contributed by atoms with Crippen molar-refractivity contribution in [3.05, 3.63) is 0 Å². The third-order valence-electron chi connectivity index (χ3n) is 1.06. The molecule has 0 aromatic rings. The summed E-state index contributed by atoms with van der Waals surface area (Å²) in [5.74, 6) is 0. The van der Waals surface area contributed by atoms with Crippen LogP contribution in [0.2, 0.25) is 0 Å². The molecule has 41 valence electrons. The van der Waals surface area contributed by atoms with Crippen LogP contribution in [-0.4, -0.2) is 25.3 Å². The maximum absolute atomic E-state index is 4.08. The number of hydrogen-bond donors (Lipinski definition) is 1. The normalized spacial score (nSPS) is 23.6. The van der Waals surface area contributed by atoms with Gasteiger partial charge in [0.1, 0.15) is 0 Å². The van der Waals surface area contributed by atoms with E-state index in [2.05, 4.69) is 10.9 Å². The van der Waals surface area contributed by atoms with Crippen LogP contribution in [0.25, 0.3) is 0 Å². The molecule has 1 rings (SSSR count). The van der Waals surface area contributed by atoms with Crippen molar-refractivity contribution in [1.29, 1.82) is 0 Å². The van der Waals surface area contributed by atoms with Gasteiger partial charge in [-0.2, -0.15) is 5.12 Å². The van der Waals surface area contributed by atoms with Crippen molar-refractivity contribution in [1.82, 2.24) is 16.0 Å². The molecule has 1 heterocycles. The summed E-state index contributed by atoms with van der Waals surface area (Å²) >= 11 is 0. The van der Waals surface area contributed by atoms with Crippen molar-refractivity contribution in [2.24, 2.45) is 0 Å². The van der Waals surface area contributed by atoms with Gasteiger partial charge in [0, 0.05) is 20.1 Å². The number of nitrogens with zero attached hydrogens (tertiary/aromatic N) is 2. The van der Waals surface area contributed by atoms with Crippen LogP contribution >= 0.6 is 0 Å². The standard InChI is InChI=1S/C4H10N3/c1-5-7-4-2-3-6-7/h5H,2-4H2,1H3. The number of hydrazine groups is 1. The molecule has 3 heteroatoms. The summed E-state index contributed by atoms with van der Waals surface area (Å²) in [5, 5.41) is 1.86. The van der Waals surface area contributed by atoms with Gasteiger partial charge in [-0.1, -0.05) is 0 Å². The van der Waals surface area contributed by atoms with Gasteiger partial charge in [-0.15, -0.1) is 5.43 Å². The van der Waals surface area contributed by atoms with E-state index in [-0.39, 0.29) is 0 Å². The Kier molecular flexibility index (Phi) is 1.62. The van der Waals surface area contributed by atoms with Crippen molar-refractivity contribution in [3.8, 4) is 0 Å². The van der Waals surface area contributed by atoms with E-state index in [1.54, 1.807) is 0 Å². The van der Waals surface area contributed by atoms with Crippen LogP contribution in [-0.2, 0) is 0 Å². The van der Waals surface area contributed by atoms with Gasteiger partial charge in [0.15, 0.2) is 0 Å². The summed E-state index contributed by atoms with van der Waals surface area (Å²) in [6.45, 7) is 2.05. The predicted molar refractivity (Wildman–Crippen MR) is 27.4 cm³/mol. The minimum Gasteiger partial charge on any atom is -0.243 e. The first-order valence-electron chi connectivity index (χ1n) is 2.56. The van der Waals surface area contributed by atoms with Crippen molar-refractivity contribution < 1.29 is 0 Å². The first-order valence-corrected chi connectivity index (χ1v) is 2.56. The molecule has 0 saturated carbocycles. The molecule has 0 atom stereocenters. The third-order valence-corrected chi connectivity index (χ3v) is 1.06. The molecule has 0 spiro atoms. The molecule has 1 aliphatic heterocycles. The molecule has 0 aliphatic carbocycles. The van der Waals surface area contributed by atoms with Gasteiger partial charge in [-0.25, -0.2) is 5.43 Å². The monoisotopic (exact) mass is 100 g/mol. The molecule has 0 aromatic heterocycles. The Morgan fingerprint density at radius 3 is 2.86 bits per heavy atom. The first kappa shape index (κ1) is 5.03. The lowest BCUT2D eigenvalue weighted by Crippen LogP contribution is -2.35. The lowest BCUT2D eigenvalue weighted by Gasteiger charge is -2.08. The largest absolute Gasteiger partial charge is 0.243 e. The van der Waals surface area contributed by atoms with Crippen LogP contribution in [0.3, 0.4) is 0 Å². The second-order valence-corrected chi connectivity index (χ2v) is 1.57. The van der Waals surface area contributed by atoms with Crippen LogP contribution in [0.5, 0.6) is 0 Å². The van der Waals surface area contributed by atoms with Crippen LogP contribution in [0.15, 0.2) is 0 Å². The van der Waals surface area contributed by atoms with E-state index in [4.69, 9.17) is 0 Å². The topological polar surface area (TPSA) is 29.4 Å². The van der Waals surface area contributed by atoms with Crippen LogP contribution in [0.4, 0.5) is 0 Å². The Bertz CT molecular complexity index is 48.9. The van der Waals surface area contributed by atoms with Gasteiger partial charge < -0.3 is 0 Å². The van der Waals surface area contributed by atoms with Gasteiger partial charge in [-0.3, -0.25) is 0 Å². The fourth-order valence-electron chi connectivity index (χ4n) is 0.665. The molecule has 0 aromatic carbocycles. The minimum absolute atomic E-state index is 0.987. The quantitative estimate of drug-likeness (QED) is 0.474. The summed E-state index contributed by atoms with van der Waals surface area (Å²) < 4.78 is 0. The zero-order valence-corrected chi connectivity index (χ0v) is 4.52. The average Bonchev–Trinajstić information content (AvgIpc) is 2.14. The highest BCUT2D eigenvalue weighted by Crippen LogP contribution is 1.91. The maximum Gasteiger partial charge on any atom is 0.0334 e. The van der Waals surface area contributed by atoms with Crippen LogP contribution in [0.1, 0.15) is 6.42 Å². The maximum atomic E-state index is 4.08. The number of hydrogen-bond acceptors (Lipinski definition) is 2. The lowest BCUT2D eigenvalue weighted by molar-refractivity contribution is 0.178. The number of rotatable bonds is 1. The van der Waals surface area contributed by atoms with Gasteiger partial charge in [0.25, 0.3) is 0 Å². The van der Waals surface area contributed by atoms with E-state index in [0.717, 1.165) is 13.1 Å². The van der Waals surface area contributed by atoms with Gasteiger partial charge in [-0.05, 0) is 6.42 Å². The van der Waals surface area contributed by atoms with E-state index in [1.807, 2.05) is 12.2 Å². The molecule has 7 heavy (non-hydrogen) atoms. The Hall–Kier alpha value is -0.120. The summed E-state index contributed by atoms with van der Waals surface area (Å²) in [7, 11) is 1.88. The molecule has 1 aliphatic rings.